The van der Waals surface area contributed by atoms with Crippen molar-refractivity contribution in [1.29, 1.82) is 0 Å². The van der Waals surface area contributed by atoms with E-state index in [1.807, 2.05) is 13.8 Å². The Kier molecular flexibility index (Phi) is 3.85. The molecular formula is C14H19N3O2S. The van der Waals surface area contributed by atoms with Crippen LogP contribution in [0.15, 0.2) is 29.2 Å². The zero-order valence-corrected chi connectivity index (χ0v) is 12.7. The molecule has 2 N–H and O–H groups in total. The van der Waals surface area contributed by atoms with Crippen LogP contribution in [0.4, 0.5) is 5.69 Å². The molecule has 108 valence electrons. The Labute approximate surface area is 119 Å². The fourth-order valence-corrected chi connectivity index (χ4v) is 2.80. The normalized spacial score (nSPS) is 11.8. The molecule has 0 saturated heterocycles. The van der Waals surface area contributed by atoms with E-state index < -0.39 is 9.84 Å². The maximum atomic E-state index is 11.5. The molecule has 6 heteroatoms. The van der Waals surface area contributed by atoms with E-state index in [-0.39, 0.29) is 0 Å². The molecule has 2 aromatic rings. The predicted molar refractivity (Wildman–Crippen MR) is 79.8 cm³/mol. The molecule has 0 saturated carbocycles. The first-order valence-electron chi connectivity index (χ1n) is 6.55. The first-order valence-corrected chi connectivity index (χ1v) is 8.44. The molecule has 0 fully saturated rings. The number of hydrogen-bond acceptors (Lipinski definition) is 4. The highest BCUT2D eigenvalue weighted by Crippen LogP contribution is 2.23. The molecule has 0 aliphatic rings. The van der Waals surface area contributed by atoms with Crippen molar-refractivity contribution >= 4 is 15.5 Å². The fourth-order valence-electron chi connectivity index (χ4n) is 2.17. The van der Waals surface area contributed by atoms with E-state index in [9.17, 15) is 8.42 Å². The lowest BCUT2D eigenvalue weighted by molar-refractivity contribution is 0.602. The first-order chi connectivity index (χ1) is 9.38. The molecule has 0 aliphatic heterocycles. The van der Waals surface area contributed by atoms with Gasteiger partial charge in [0.1, 0.15) is 0 Å². The lowest BCUT2D eigenvalue weighted by Gasteiger charge is -2.07. The number of aromatic nitrogens is 2. The average Bonchev–Trinajstić information content (AvgIpc) is 2.74. The van der Waals surface area contributed by atoms with Crippen molar-refractivity contribution in [2.24, 2.45) is 0 Å². The monoisotopic (exact) mass is 293 g/mol. The van der Waals surface area contributed by atoms with Crippen LogP contribution in [-0.2, 0) is 22.7 Å². The fraction of sp³-hybridized carbons (Fsp3) is 0.357. The third-order valence-electron chi connectivity index (χ3n) is 3.28. The van der Waals surface area contributed by atoms with Gasteiger partial charge < -0.3 is 5.73 Å². The van der Waals surface area contributed by atoms with Gasteiger partial charge in [-0.2, -0.15) is 5.10 Å². The number of hydrogen-bond donors (Lipinski definition) is 1. The number of anilines is 1. The molecule has 0 amide bonds. The average molecular weight is 293 g/mol. The van der Waals surface area contributed by atoms with Crippen LogP contribution in [0.1, 0.15) is 25.2 Å². The summed E-state index contributed by atoms with van der Waals surface area (Å²) < 4.78 is 24.7. The van der Waals surface area contributed by atoms with Crippen molar-refractivity contribution in [2.75, 3.05) is 12.0 Å². The van der Waals surface area contributed by atoms with Crippen LogP contribution in [0.25, 0.3) is 5.69 Å². The summed E-state index contributed by atoms with van der Waals surface area (Å²) in [6.07, 6.45) is 2.74. The van der Waals surface area contributed by atoms with Gasteiger partial charge in [0, 0.05) is 6.26 Å². The second kappa shape index (κ2) is 5.28. The minimum Gasteiger partial charge on any atom is -0.396 e. The molecule has 2 rings (SSSR count). The van der Waals surface area contributed by atoms with Crippen molar-refractivity contribution in [2.45, 2.75) is 31.6 Å². The van der Waals surface area contributed by atoms with Gasteiger partial charge in [0.15, 0.2) is 9.84 Å². The van der Waals surface area contributed by atoms with Gasteiger partial charge in [0.25, 0.3) is 0 Å². The van der Waals surface area contributed by atoms with Crippen LogP contribution < -0.4 is 5.73 Å². The topological polar surface area (TPSA) is 78.0 Å². The molecule has 0 bridgehead atoms. The molecule has 0 radical (unpaired) electrons. The Hall–Kier alpha value is -1.82. The van der Waals surface area contributed by atoms with E-state index in [4.69, 9.17) is 5.73 Å². The number of aryl methyl sites for hydroxylation is 1. The summed E-state index contributed by atoms with van der Waals surface area (Å²) in [6.45, 7) is 4.03. The first kappa shape index (κ1) is 14.6. The highest BCUT2D eigenvalue weighted by Gasteiger charge is 2.14. The van der Waals surface area contributed by atoms with E-state index in [2.05, 4.69) is 5.10 Å². The van der Waals surface area contributed by atoms with Crippen LogP contribution >= 0.6 is 0 Å². The molecule has 1 aromatic heterocycles. The summed E-state index contributed by atoms with van der Waals surface area (Å²) in [5.74, 6) is 0. The summed E-state index contributed by atoms with van der Waals surface area (Å²) in [5.41, 5.74) is 9.45. The van der Waals surface area contributed by atoms with Gasteiger partial charge in [-0.1, -0.05) is 13.8 Å². The van der Waals surface area contributed by atoms with Crippen molar-refractivity contribution in [3.8, 4) is 5.69 Å². The van der Waals surface area contributed by atoms with Crippen LogP contribution in [0.5, 0.6) is 0 Å². The standard InChI is InChI=1S/C14H19N3O2S/c1-4-12-14(15)13(5-2)17(16-12)10-6-8-11(9-7-10)20(3,18)19/h6-9H,4-5,15H2,1-3H3. The van der Waals surface area contributed by atoms with Crippen molar-refractivity contribution in [3.63, 3.8) is 0 Å². The van der Waals surface area contributed by atoms with Crippen LogP contribution in [0, 0.1) is 0 Å². The van der Waals surface area contributed by atoms with Gasteiger partial charge in [-0.25, -0.2) is 13.1 Å². The van der Waals surface area contributed by atoms with Gasteiger partial charge in [-0.05, 0) is 37.1 Å². The maximum Gasteiger partial charge on any atom is 0.175 e. The van der Waals surface area contributed by atoms with Crippen molar-refractivity contribution < 1.29 is 8.42 Å². The SMILES string of the molecule is CCc1nn(-c2ccc(S(C)(=O)=O)cc2)c(CC)c1N. The Balaban J connectivity index is 2.52. The molecular weight excluding hydrogens is 274 g/mol. The Morgan fingerprint density at radius 3 is 2.20 bits per heavy atom. The van der Waals surface area contributed by atoms with Crippen molar-refractivity contribution in [3.05, 3.63) is 35.7 Å². The van der Waals surface area contributed by atoms with E-state index in [0.29, 0.717) is 4.90 Å². The lowest BCUT2D eigenvalue weighted by Crippen LogP contribution is -2.04. The number of benzene rings is 1. The third kappa shape index (κ3) is 2.56. The summed E-state index contributed by atoms with van der Waals surface area (Å²) >= 11 is 0. The summed E-state index contributed by atoms with van der Waals surface area (Å²) in [5, 5.41) is 4.50. The van der Waals surface area contributed by atoms with E-state index in [1.165, 1.54) is 6.26 Å². The van der Waals surface area contributed by atoms with Crippen molar-refractivity contribution in [1.82, 2.24) is 9.78 Å². The summed E-state index contributed by atoms with van der Waals surface area (Å²) in [7, 11) is -3.18. The summed E-state index contributed by atoms with van der Waals surface area (Å²) in [6, 6.07) is 6.68. The van der Waals surface area contributed by atoms with Gasteiger partial charge in [0.2, 0.25) is 0 Å². The molecule has 1 aromatic carbocycles. The second-order valence-corrected chi connectivity index (χ2v) is 6.71. The van der Waals surface area contributed by atoms with Crippen LogP contribution in [-0.4, -0.2) is 24.5 Å². The highest BCUT2D eigenvalue weighted by atomic mass is 32.2. The van der Waals surface area contributed by atoms with E-state index in [0.717, 1.165) is 35.6 Å². The Morgan fingerprint density at radius 2 is 1.75 bits per heavy atom. The molecule has 20 heavy (non-hydrogen) atoms. The molecule has 0 aliphatic carbocycles. The molecule has 1 heterocycles. The maximum absolute atomic E-state index is 11.5. The third-order valence-corrected chi connectivity index (χ3v) is 4.41. The number of sulfone groups is 1. The van der Waals surface area contributed by atoms with Crippen LogP contribution in [0.3, 0.4) is 0 Å². The number of rotatable bonds is 4. The molecule has 0 unspecified atom stereocenters. The smallest absolute Gasteiger partial charge is 0.175 e. The number of nitrogens with zero attached hydrogens (tertiary/aromatic N) is 2. The minimum atomic E-state index is -3.18. The van der Waals surface area contributed by atoms with Gasteiger partial charge in [-0.15, -0.1) is 0 Å². The largest absolute Gasteiger partial charge is 0.396 e. The Morgan fingerprint density at radius 1 is 1.15 bits per heavy atom. The van der Waals surface area contributed by atoms with Gasteiger partial charge >= 0.3 is 0 Å². The quantitative estimate of drug-likeness (QED) is 0.935. The second-order valence-electron chi connectivity index (χ2n) is 4.69. The van der Waals surface area contributed by atoms with Gasteiger partial charge in [-0.3, -0.25) is 0 Å². The molecule has 0 spiro atoms. The Bertz CT molecular complexity index is 716. The van der Waals surface area contributed by atoms with E-state index in [1.54, 1.807) is 28.9 Å². The number of nitrogens with two attached hydrogens (primary N) is 1. The van der Waals surface area contributed by atoms with Crippen LogP contribution in [0.2, 0.25) is 0 Å². The van der Waals surface area contributed by atoms with Gasteiger partial charge in [0.05, 0.1) is 27.7 Å². The molecule has 0 atom stereocenters. The number of nitrogen functional groups attached to an aromatic ring is 1. The predicted octanol–water partition coefficient (Wildman–Crippen LogP) is 1.98. The van der Waals surface area contributed by atoms with E-state index >= 15 is 0 Å². The summed E-state index contributed by atoms with van der Waals surface area (Å²) in [4.78, 5) is 0.301. The minimum absolute atomic E-state index is 0.301. The zero-order valence-electron chi connectivity index (χ0n) is 11.9. The lowest BCUT2D eigenvalue weighted by atomic mass is 10.2. The molecule has 5 nitrogen and oxygen atoms in total. The zero-order chi connectivity index (χ0) is 14.9. The highest BCUT2D eigenvalue weighted by molar-refractivity contribution is 7.90.